The lowest BCUT2D eigenvalue weighted by atomic mass is 9.72. The van der Waals surface area contributed by atoms with E-state index in [0.717, 1.165) is 23.5 Å². The normalized spacial score (nSPS) is 17.6. The summed E-state index contributed by atoms with van der Waals surface area (Å²) in [5.41, 5.74) is 6.85. The number of hydrogen-bond acceptors (Lipinski definition) is 6. The summed E-state index contributed by atoms with van der Waals surface area (Å²) in [5, 5.41) is 11.1. The standard InChI is InChI=1S/C21H31N5O2S2/c1-11(2)16(18(27)23-19(22)28)30-20-25-24-17(26(20)6)15-10-12-9-13(21(3,4)5)7-8-14(12)29-15/h10-11,13,16H,7-9H2,1-6H3,(H3,22,23,27,28)/t13-,16+/m0/s1. The molecular weight excluding hydrogens is 418 g/mol. The van der Waals surface area contributed by atoms with Crippen molar-refractivity contribution in [2.75, 3.05) is 0 Å². The van der Waals surface area contributed by atoms with Gasteiger partial charge in [-0.3, -0.25) is 10.1 Å². The molecule has 1 aliphatic carbocycles. The molecule has 3 rings (SSSR count). The molecule has 2 aromatic rings. The van der Waals surface area contributed by atoms with E-state index in [1.807, 2.05) is 25.5 Å². The highest BCUT2D eigenvalue weighted by atomic mass is 32.2. The van der Waals surface area contributed by atoms with Gasteiger partial charge in [-0.05, 0) is 48.1 Å². The predicted octanol–water partition coefficient (Wildman–Crippen LogP) is 4.01. The first-order chi connectivity index (χ1) is 14.0. The molecule has 30 heavy (non-hydrogen) atoms. The van der Waals surface area contributed by atoms with Crippen molar-refractivity contribution in [3.05, 3.63) is 16.5 Å². The minimum atomic E-state index is -0.845. The predicted molar refractivity (Wildman–Crippen MR) is 121 cm³/mol. The number of aryl methyl sites for hydroxylation is 1. The van der Waals surface area contributed by atoms with Gasteiger partial charge in [-0.15, -0.1) is 21.5 Å². The first kappa shape index (κ1) is 22.8. The molecule has 0 spiro atoms. The van der Waals surface area contributed by atoms with E-state index in [9.17, 15) is 9.59 Å². The number of primary amides is 1. The van der Waals surface area contributed by atoms with Crippen LogP contribution in [0.25, 0.3) is 10.7 Å². The van der Waals surface area contributed by atoms with E-state index >= 15 is 0 Å². The summed E-state index contributed by atoms with van der Waals surface area (Å²) >= 11 is 3.10. The third kappa shape index (κ3) is 4.88. The Hall–Kier alpha value is -1.87. The summed E-state index contributed by atoms with van der Waals surface area (Å²) in [7, 11) is 1.91. The van der Waals surface area contributed by atoms with Crippen LogP contribution in [-0.4, -0.2) is 32.0 Å². The van der Waals surface area contributed by atoms with Crippen LogP contribution in [0.15, 0.2) is 11.2 Å². The number of imide groups is 1. The second kappa shape index (κ2) is 8.70. The second-order valence-electron chi connectivity index (χ2n) is 9.37. The van der Waals surface area contributed by atoms with Crippen LogP contribution in [0.4, 0.5) is 4.79 Å². The van der Waals surface area contributed by atoms with Crippen molar-refractivity contribution < 1.29 is 9.59 Å². The van der Waals surface area contributed by atoms with Crippen molar-refractivity contribution in [2.24, 2.45) is 30.0 Å². The van der Waals surface area contributed by atoms with Crippen LogP contribution < -0.4 is 11.1 Å². The number of thiophene rings is 1. The van der Waals surface area contributed by atoms with Crippen molar-refractivity contribution in [2.45, 2.75) is 64.3 Å². The third-order valence-corrected chi connectivity index (χ3v) is 8.52. The summed E-state index contributed by atoms with van der Waals surface area (Å²) in [6, 6.07) is 1.42. The van der Waals surface area contributed by atoms with Gasteiger partial charge in [0, 0.05) is 11.9 Å². The molecule has 0 fully saturated rings. The third-order valence-electron chi connectivity index (χ3n) is 5.71. The minimum absolute atomic E-state index is 0.00196. The fraction of sp³-hybridized carbons (Fsp3) is 0.619. The molecule has 0 aliphatic heterocycles. The quantitative estimate of drug-likeness (QED) is 0.672. The summed E-state index contributed by atoms with van der Waals surface area (Å²) in [4.78, 5) is 26.0. The lowest BCUT2D eigenvalue weighted by Gasteiger charge is -2.33. The summed E-state index contributed by atoms with van der Waals surface area (Å²) in [6.45, 7) is 10.8. The number of carbonyl (C=O) groups excluding carboxylic acids is 2. The number of nitrogens with two attached hydrogens (primary N) is 1. The number of nitrogens with one attached hydrogen (secondary N) is 1. The fourth-order valence-corrected chi connectivity index (χ4v) is 6.03. The highest BCUT2D eigenvalue weighted by molar-refractivity contribution is 8.00. The largest absolute Gasteiger partial charge is 0.351 e. The topological polar surface area (TPSA) is 103 Å². The Morgan fingerprint density at radius 2 is 2.03 bits per heavy atom. The van der Waals surface area contributed by atoms with Crippen LogP contribution in [0.2, 0.25) is 0 Å². The molecule has 0 saturated carbocycles. The monoisotopic (exact) mass is 449 g/mol. The average Bonchev–Trinajstić information content (AvgIpc) is 3.20. The number of carbonyl (C=O) groups is 2. The van der Waals surface area contributed by atoms with E-state index < -0.39 is 17.2 Å². The molecule has 2 heterocycles. The van der Waals surface area contributed by atoms with Gasteiger partial charge in [0.05, 0.1) is 10.1 Å². The van der Waals surface area contributed by atoms with E-state index in [0.29, 0.717) is 16.5 Å². The Balaban J connectivity index is 1.82. The minimum Gasteiger partial charge on any atom is -0.351 e. The first-order valence-corrected chi connectivity index (χ1v) is 11.9. The van der Waals surface area contributed by atoms with Gasteiger partial charge in [0.25, 0.3) is 0 Å². The van der Waals surface area contributed by atoms with Gasteiger partial charge in [-0.1, -0.05) is 46.4 Å². The maximum absolute atomic E-state index is 12.3. The number of thioether (sulfide) groups is 1. The van der Waals surface area contributed by atoms with Gasteiger partial charge < -0.3 is 10.3 Å². The second-order valence-corrected chi connectivity index (χ2v) is 11.6. The van der Waals surface area contributed by atoms with Crippen LogP contribution in [0.5, 0.6) is 0 Å². The number of nitrogens with zero attached hydrogens (tertiary/aromatic N) is 3. The number of hydrogen-bond donors (Lipinski definition) is 2. The van der Waals surface area contributed by atoms with Gasteiger partial charge in [-0.25, -0.2) is 4.79 Å². The van der Waals surface area contributed by atoms with E-state index in [-0.39, 0.29) is 5.92 Å². The number of fused-ring (bicyclic) bond motifs is 1. The van der Waals surface area contributed by atoms with E-state index in [1.54, 1.807) is 11.3 Å². The Morgan fingerprint density at radius 3 is 2.63 bits per heavy atom. The Kier molecular flexibility index (Phi) is 6.62. The SMILES string of the molecule is CC(C)[C@@H](Sc1nnc(-c2cc3c(s2)CC[C@H](C(C)(C)C)C3)n1C)C(=O)NC(N)=O. The highest BCUT2D eigenvalue weighted by Gasteiger charge is 2.31. The van der Waals surface area contributed by atoms with Crippen molar-refractivity contribution >= 4 is 35.0 Å². The molecule has 9 heteroatoms. The first-order valence-electron chi connectivity index (χ1n) is 10.3. The Morgan fingerprint density at radius 1 is 1.33 bits per heavy atom. The van der Waals surface area contributed by atoms with Gasteiger partial charge in [0.15, 0.2) is 11.0 Å². The molecule has 0 radical (unpaired) electrons. The maximum atomic E-state index is 12.3. The Labute approximate surface area is 186 Å². The molecule has 3 N–H and O–H groups in total. The zero-order valence-corrected chi connectivity index (χ0v) is 20.1. The molecule has 0 saturated heterocycles. The van der Waals surface area contributed by atoms with E-state index in [2.05, 4.69) is 42.4 Å². The molecule has 0 unspecified atom stereocenters. The fourth-order valence-electron chi connectivity index (χ4n) is 3.80. The number of amides is 3. The lowest BCUT2D eigenvalue weighted by molar-refractivity contribution is -0.120. The zero-order valence-electron chi connectivity index (χ0n) is 18.5. The van der Waals surface area contributed by atoms with Gasteiger partial charge in [0.1, 0.15) is 0 Å². The smallest absolute Gasteiger partial charge is 0.318 e. The highest BCUT2D eigenvalue weighted by Crippen LogP contribution is 2.42. The van der Waals surface area contributed by atoms with Gasteiger partial charge >= 0.3 is 6.03 Å². The van der Waals surface area contributed by atoms with Crippen LogP contribution in [-0.2, 0) is 24.7 Å². The van der Waals surface area contributed by atoms with Gasteiger partial charge in [0.2, 0.25) is 5.91 Å². The van der Waals surface area contributed by atoms with Gasteiger partial charge in [-0.2, -0.15) is 0 Å². The molecule has 164 valence electrons. The van der Waals surface area contributed by atoms with Crippen molar-refractivity contribution in [1.82, 2.24) is 20.1 Å². The molecule has 7 nitrogen and oxygen atoms in total. The number of aromatic nitrogens is 3. The molecular formula is C21H31N5O2S2. The summed E-state index contributed by atoms with van der Waals surface area (Å²) in [5.74, 6) is 1.08. The van der Waals surface area contributed by atoms with Crippen LogP contribution in [0.1, 0.15) is 51.5 Å². The number of rotatable bonds is 5. The average molecular weight is 450 g/mol. The lowest BCUT2D eigenvalue weighted by Crippen LogP contribution is -2.42. The summed E-state index contributed by atoms with van der Waals surface area (Å²) in [6.07, 6.45) is 3.45. The van der Waals surface area contributed by atoms with Crippen LogP contribution in [0, 0.1) is 17.3 Å². The molecule has 0 bridgehead atoms. The Bertz CT molecular complexity index is 942. The number of urea groups is 1. The van der Waals surface area contributed by atoms with E-state index in [4.69, 9.17) is 5.73 Å². The maximum Gasteiger partial charge on any atom is 0.318 e. The molecule has 1 aliphatic rings. The van der Waals surface area contributed by atoms with E-state index in [1.165, 1.54) is 28.6 Å². The van der Waals surface area contributed by atoms with Crippen LogP contribution in [0.3, 0.4) is 0 Å². The molecule has 2 aromatic heterocycles. The molecule has 2 atom stereocenters. The van der Waals surface area contributed by atoms with Crippen molar-refractivity contribution in [3.63, 3.8) is 0 Å². The van der Waals surface area contributed by atoms with Crippen molar-refractivity contribution in [1.29, 1.82) is 0 Å². The zero-order chi connectivity index (χ0) is 22.2. The molecule has 0 aromatic carbocycles. The van der Waals surface area contributed by atoms with Crippen LogP contribution >= 0.6 is 23.1 Å². The molecule has 3 amide bonds. The van der Waals surface area contributed by atoms with Crippen molar-refractivity contribution in [3.8, 4) is 10.7 Å². The summed E-state index contributed by atoms with van der Waals surface area (Å²) < 4.78 is 1.93.